The molecule has 5 rings (SSSR count). The summed E-state index contributed by atoms with van der Waals surface area (Å²) in [7, 11) is 0. The van der Waals surface area contributed by atoms with Gasteiger partial charge in [-0.1, -0.05) is 12.1 Å². The van der Waals surface area contributed by atoms with Gasteiger partial charge in [-0.15, -0.1) is 5.11 Å². The van der Waals surface area contributed by atoms with Gasteiger partial charge < -0.3 is 25.4 Å². The van der Waals surface area contributed by atoms with Gasteiger partial charge in [0.2, 0.25) is 0 Å². The second-order valence-electron chi connectivity index (χ2n) is 8.26. The van der Waals surface area contributed by atoms with Crippen molar-refractivity contribution in [2.75, 3.05) is 41.8 Å². The van der Waals surface area contributed by atoms with E-state index < -0.39 is 5.82 Å². The molecule has 0 radical (unpaired) electrons. The summed E-state index contributed by atoms with van der Waals surface area (Å²) in [5.74, 6) is 0.0153. The molecule has 37 heavy (non-hydrogen) atoms. The normalized spacial score (nSPS) is 13.6. The average molecular weight is 501 g/mol. The number of azo groups is 1. The summed E-state index contributed by atoms with van der Waals surface area (Å²) >= 11 is 0. The summed E-state index contributed by atoms with van der Waals surface area (Å²) in [6, 6.07) is 18.5. The fraction of sp³-hybridized carbons (Fsp3) is 0.192. The molecule has 1 saturated heterocycles. The topological polar surface area (TPSA) is 120 Å². The number of hydrogen-bond acceptors (Lipinski definition) is 10. The Bertz CT molecular complexity index is 1380. The fourth-order valence-corrected chi connectivity index (χ4v) is 3.75. The molecule has 0 aliphatic carbocycles. The van der Waals surface area contributed by atoms with Crippen LogP contribution in [0, 0.1) is 5.82 Å². The largest absolute Gasteiger partial charge is 0.508 e. The van der Waals surface area contributed by atoms with Crippen LogP contribution in [-0.4, -0.2) is 46.4 Å². The van der Waals surface area contributed by atoms with Crippen molar-refractivity contribution in [3.05, 3.63) is 84.6 Å². The zero-order valence-electron chi connectivity index (χ0n) is 19.9. The van der Waals surface area contributed by atoms with Crippen LogP contribution in [0.15, 0.2) is 83.3 Å². The highest BCUT2D eigenvalue weighted by molar-refractivity contribution is 5.68. The molecule has 0 spiro atoms. The highest BCUT2D eigenvalue weighted by Crippen LogP contribution is 2.25. The Hall–Kier alpha value is -4.64. The van der Waals surface area contributed by atoms with Gasteiger partial charge in [-0.2, -0.15) is 10.1 Å². The van der Waals surface area contributed by atoms with Crippen molar-refractivity contribution in [2.45, 2.75) is 6.54 Å². The molecule has 0 amide bonds. The summed E-state index contributed by atoms with van der Waals surface area (Å²) in [6.45, 7) is 2.41. The minimum Gasteiger partial charge on any atom is -0.508 e. The molecule has 11 heteroatoms. The van der Waals surface area contributed by atoms with Crippen molar-refractivity contribution in [2.24, 2.45) is 10.2 Å². The number of benzene rings is 2. The first-order chi connectivity index (χ1) is 18.1. The van der Waals surface area contributed by atoms with E-state index in [1.165, 1.54) is 0 Å². The highest BCUT2D eigenvalue weighted by atomic mass is 19.1. The molecule has 0 saturated carbocycles. The number of anilines is 5. The number of nitrogens with one attached hydrogen (secondary N) is 2. The fourth-order valence-electron chi connectivity index (χ4n) is 3.75. The van der Waals surface area contributed by atoms with Crippen molar-refractivity contribution >= 4 is 34.5 Å². The van der Waals surface area contributed by atoms with Crippen LogP contribution in [0.2, 0.25) is 0 Å². The minimum absolute atomic E-state index is 0.0976. The maximum Gasteiger partial charge on any atom is 0.270 e. The SMILES string of the molecule is Oc1cccc(Nc2cccc(Nc3ccc(CN=Nc4ncc(F)c(N5CCOCC5)n4)nc3)c2)c1. The quantitative estimate of drug-likeness (QED) is 0.278. The van der Waals surface area contributed by atoms with E-state index in [-0.39, 0.29) is 24.1 Å². The summed E-state index contributed by atoms with van der Waals surface area (Å²) in [4.78, 5) is 14.4. The molecular weight excluding hydrogens is 475 g/mol. The second kappa shape index (κ2) is 11.4. The lowest BCUT2D eigenvalue weighted by atomic mass is 10.2. The predicted octanol–water partition coefficient (Wildman–Crippen LogP) is 5.32. The van der Waals surface area contributed by atoms with E-state index in [4.69, 9.17) is 4.74 Å². The van der Waals surface area contributed by atoms with E-state index in [1.54, 1.807) is 24.4 Å². The number of hydrogen-bond donors (Lipinski definition) is 3. The van der Waals surface area contributed by atoms with Gasteiger partial charge in [0.25, 0.3) is 5.95 Å². The van der Waals surface area contributed by atoms with Gasteiger partial charge >= 0.3 is 0 Å². The van der Waals surface area contributed by atoms with Crippen LogP contribution in [0.1, 0.15) is 5.69 Å². The third-order valence-electron chi connectivity index (χ3n) is 5.53. The van der Waals surface area contributed by atoms with Gasteiger partial charge in [0.05, 0.1) is 37.0 Å². The lowest BCUT2D eigenvalue weighted by Gasteiger charge is -2.27. The minimum atomic E-state index is -0.494. The maximum absolute atomic E-state index is 14.2. The second-order valence-corrected chi connectivity index (χ2v) is 8.26. The van der Waals surface area contributed by atoms with E-state index >= 15 is 0 Å². The molecule has 3 N–H and O–H groups in total. The molecule has 1 fully saturated rings. The Labute approximate surface area is 212 Å². The summed E-state index contributed by atoms with van der Waals surface area (Å²) < 4.78 is 19.5. The lowest BCUT2D eigenvalue weighted by Crippen LogP contribution is -2.37. The Balaban J connectivity index is 1.18. The first-order valence-electron chi connectivity index (χ1n) is 11.7. The molecule has 0 atom stereocenters. The summed E-state index contributed by atoms with van der Waals surface area (Å²) in [5.41, 5.74) is 4.07. The van der Waals surface area contributed by atoms with Crippen LogP contribution in [0.5, 0.6) is 5.75 Å². The standard InChI is InChI=1S/C26H25FN8O2/c27-24-17-29-26(33-25(24)35-9-11-37-12-10-35)34-30-16-21-7-8-22(15-28-21)32-19-4-1-3-18(13-19)31-20-5-2-6-23(36)14-20/h1-8,13-15,17,31-32,36H,9-12,16H2. The summed E-state index contributed by atoms with van der Waals surface area (Å²) in [5, 5.41) is 24.4. The number of morpholine rings is 1. The summed E-state index contributed by atoms with van der Waals surface area (Å²) in [6.07, 6.45) is 2.82. The number of rotatable bonds is 8. The molecular formula is C26H25FN8O2. The van der Waals surface area contributed by atoms with Gasteiger partial charge in [-0.05, 0) is 42.5 Å². The molecule has 4 aromatic rings. The number of nitrogens with zero attached hydrogens (tertiary/aromatic N) is 6. The van der Waals surface area contributed by atoms with Crippen LogP contribution in [0.25, 0.3) is 0 Å². The van der Waals surface area contributed by atoms with E-state index in [2.05, 4.69) is 35.8 Å². The average Bonchev–Trinajstić information content (AvgIpc) is 2.91. The monoisotopic (exact) mass is 500 g/mol. The number of phenols is 1. The Morgan fingerprint density at radius 1 is 0.892 bits per heavy atom. The molecule has 0 unspecified atom stereocenters. The molecule has 188 valence electrons. The lowest BCUT2D eigenvalue weighted by molar-refractivity contribution is 0.122. The zero-order chi connectivity index (χ0) is 25.5. The number of aromatic hydroxyl groups is 1. The Morgan fingerprint density at radius 2 is 1.62 bits per heavy atom. The van der Waals surface area contributed by atoms with Gasteiger partial charge in [-0.25, -0.2) is 9.37 Å². The van der Waals surface area contributed by atoms with Crippen molar-refractivity contribution in [1.82, 2.24) is 15.0 Å². The van der Waals surface area contributed by atoms with Crippen LogP contribution >= 0.6 is 0 Å². The molecule has 2 aromatic carbocycles. The molecule has 1 aliphatic heterocycles. The number of halogens is 1. The van der Waals surface area contributed by atoms with Crippen molar-refractivity contribution in [3.63, 3.8) is 0 Å². The number of aromatic nitrogens is 3. The highest BCUT2D eigenvalue weighted by Gasteiger charge is 2.17. The van der Waals surface area contributed by atoms with Crippen LogP contribution < -0.4 is 15.5 Å². The first kappa shape index (κ1) is 24.1. The van der Waals surface area contributed by atoms with Crippen molar-refractivity contribution in [3.8, 4) is 5.75 Å². The molecule has 0 bridgehead atoms. The molecule has 10 nitrogen and oxygen atoms in total. The van der Waals surface area contributed by atoms with E-state index in [1.807, 2.05) is 47.4 Å². The van der Waals surface area contributed by atoms with Gasteiger partial charge in [0.1, 0.15) is 12.3 Å². The molecule has 2 aromatic heterocycles. The third-order valence-corrected chi connectivity index (χ3v) is 5.53. The number of pyridine rings is 1. The van der Waals surface area contributed by atoms with Crippen LogP contribution in [-0.2, 0) is 11.3 Å². The van der Waals surface area contributed by atoms with Gasteiger partial charge in [0, 0.05) is 36.2 Å². The molecule has 3 heterocycles. The van der Waals surface area contributed by atoms with Gasteiger partial charge in [-0.3, -0.25) is 4.98 Å². The third kappa shape index (κ3) is 6.53. The number of ether oxygens (including phenoxy) is 1. The number of phenolic OH excluding ortho intramolecular Hbond substituents is 1. The smallest absolute Gasteiger partial charge is 0.270 e. The van der Waals surface area contributed by atoms with E-state index in [0.29, 0.717) is 32.0 Å². The van der Waals surface area contributed by atoms with Gasteiger partial charge in [0.15, 0.2) is 11.6 Å². The zero-order valence-corrected chi connectivity index (χ0v) is 19.9. The van der Waals surface area contributed by atoms with Crippen molar-refractivity contribution < 1.29 is 14.2 Å². The Kier molecular flexibility index (Phi) is 7.42. The van der Waals surface area contributed by atoms with Crippen LogP contribution in [0.3, 0.4) is 0 Å². The van der Waals surface area contributed by atoms with Crippen LogP contribution in [0.4, 0.5) is 38.9 Å². The van der Waals surface area contributed by atoms with E-state index in [0.717, 1.165) is 28.9 Å². The first-order valence-corrected chi connectivity index (χ1v) is 11.7. The molecule has 1 aliphatic rings. The van der Waals surface area contributed by atoms with E-state index in [9.17, 15) is 9.50 Å². The predicted molar refractivity (Wildman–Crippen MR) is 139 cm³/mol. The van der Waals surface area contributed by atoms with Crippen molar-refractivity contribution in [1.29, 1.82) is 0 Å². The maximum atomic E-state index is 14.2. The Morgan fingerprint density at radius 3 is 2.35 bits per heavy atom.